The zero-order valence-electron chi connectivity index (χ0n) is 15.7. The molecule has 6 heteroatoms. The number of nitrogens with zero attached hydrogens (tertiary/aromatic N) is 1. The van der Waals surface area contributed by atoms with Crippen LogP contribution in [0.25, 0.3) is 6.08 Å². The Balaban J connectivity index is 1.70. The van der Waals surface area contributed by atoms with E-state index in [2.05, 4.69) is 0 Å². The average molecular weight is 369 g/mol. The van der Waals surface area contributed by atoms with Crippen LogP contribution in [0.5, 0.6) is 5.75 Å². The molecule has 0 unspecified atom stereocenters. The number of rotatable bonds is 7. The van der Waals surface area contributed by atoms with Crippen LogP contribution in [0.15, 0.2) is 40.8 Å². The summed E-state index contributed by atoms with van der Waals surface area (Å²) in [5.41, 5.74) is 1.41. The molecule has 1 aromatic heterocycles. The van der Waals surface area contributed by atoms with Crippen LogP contribution in [-0.4, -0.2) is 37.0 Å². The van der Waals surface area contributed by atoms with Crippen molar-refractivity contribution in [1.29, 1.82) is 0 Å². The molecule has 6 nitrogen and oxygen atoms in total. The third-order valence-corrected chi connectivity index (χ3v) is 4.52. The summed E-state index contributed by atoms with van der Waals surface area (Å²) in [4.78, 5) is 26.2. The second kappa shape index (κ2) is 8.12. The number of methoxy groups -OCH3 is 2. The highest BCUT2D eigenvalue weighted by Crippen LogP contribution is 2.29. The van der Waals surface area contributed by atoms with Crippen LogP contribution < -0.4 is 4.74 Å². The van der Waals surface area contributed by atoms with E-state index >= 15 is 0 Å². The van der Waals surface area contributed by atoms with E-state index in [1.54, 1.807) is 26.2 Å². The zero-order valence-corrected chi connectivity index (χ0v) is 15.7. The molecular formula is C21H23NO5. The summed E-state index contributed by atoms with van der Waals surface area (Å²) in [6.45, 7) is 2.23. The fourth-order valence-electron chi connectivity index (χ4n) is 2.85. The number of furan rings is 1. The van der Waals surface area contributed by atoms with Gasteiger partial charge in [-0.2, -0.15) is 0 Å². The maximum atomic E-state index is 12.7. The monoisotopic (exact) mass is 369 g/mol. The van der Waals surface area contributed by atoms with Gasteiger partial charge in [0, 0.05) is 18.7 Å². The molecule has 0 aliphatic heterocycles. The summed E-state index contributed by atoms with van der Waals surface area (Å²) in [6.07, 6.45) is 5.11. The van der Waals surface area contributed by atoms with Crippen molar-refractivity contribution in [3.63, 3.8) is 0 Å². The molecule has 0 atom stereocenters. The lowest BCUT2D eigenvalue weighted by atomic mass is 10.2. The average Bonchev–Trinajstić information content (AvgIpc) is 3.46. The van der Waals surface area contributed by atoms with E-state index in [1.165, 1.54) is 13.2 Å². The lowest BCUT2D eigenvalue weighted by Crippen LogP contribution is -2.31. The quantitative estimate of drug-likeness (QED) is 0.551. The first-order valence-electron chi connectivity index (χ1n) is 8.82. The summed E-state index contributed by atoms with van der Waals surface area (Å²) < 4.78 is 15.4. The van der Waals surface area contributed by atoms with Gasteiger partial charge in [0.1, 0.15) is 22.8 Å². The van der Waals surface area contributed by atoms with Gasteiger partial charge in [0.25, 0.3) is 0 Å². The second-order valence-electron chi connectivity index (χ2n) is 6.49. The van der Waals surface area contributed by atoms with Crippen LogP contribution in [0, 0.1) is 6.92 Å². The summed E-state index contributed by atoms with van der Waals surface area (Å²) in [6, 6.07) is 9.55. The van der Waals surface area contributed by atoms with Crippen molar-refractivity contribution in [1.82, 2.24) is 4.90 Å². The van der Waals surface area contributed by atoms with Crippen molar-refractivity contribution in [2.45, 2.75) is 32.4 Å². The highest BCUT2D eigenvalue weighted by atomic mass is 16.5. The molecule has 1 fully saturated rings. The predicted molar refractivity (Wildman–Crippen MR) is 100 cm³/mol. The molecule has 1 heterocycles. The standard InChI is InChI=1S/C21H23NO5/c1-14-19(21(24)26-3)12-18(27-14)10-11-20(23)22(16-6-7-16)13-15-4-8-17(25-2)9-5-15/h4-5,8-12,16H,6-7,13H2,1-3H3. The van der Waals surface area contributed by atoms with Crippen molar-refractivity contribution in [2.75, 3.05) is 14.2 Å². The summed E-state index contributed by atoms with van der Waals surface area (Å²) >= 11 is 0. The molecule has 0 spiro atoms. The summed E-state index contributed by atoms with van der Waals surface area (Å²) in [5.74, 6) is 1.16. The van der Waals surface area contributed by atoms with Crippen LogP contribution in [0.3, 0.4) is 0 Å². The minimum Gasteiger partial charge on any atom is -0.497 e. The molecule has 1 aliphatic rings. The van der Waals surface area contributed by atoms with E-state index in [4.69, 9.17) is 13.9 Å². The Kier molecular flexibility index (Phi) is 5.64. The van der Waals surface area contributed by atoms with E-state index in [0.717, 1.165) is 24.2 Å². The molecule has 0 radical (unpaired) electrons. The highest BCUT2D eigenvalue weighted by molar-refractivity contribution is 5.93. The third kappa shape index (κ3) is 4.58. The fraction of sp³-hybridized carbons (Fsp3) is 0.333. The molecule has 0 saturated heterocycles. The first-order chi connectivity index (χ1) is 13.0. The maximum absolute atomic E-state index is 12.7. The van der Waals surface area contributed by atoms with Gasteiger partial charge in [0.05, 0.1) is 14.2 Å². The Morgan fingerprint density at radius 1 is 1.22 bits per heavy atom. The van der Waals surface area contributed by atoms with Gasteiger partial charge in [-0.25, -0.2) is 4.79 Å². The van der Waals surface area contributed by atoms with Gasteiger partial charge in [-0.1, -0.05) is 12.1 Å². The zero-order chi connectivity index (χ0) is 19.4. The van der Waals surface area contributed by atoms with E-state index in [-0.39, 0.29) is 11.9 Å². The van der Waals surface area contributed by atoms with Gasteiger partial charge in [-0.3, -0.25) is 4.79 Å². The maximum Gasteiger partial charge on any atom is 0.341 e. The molecule has 1 aliphatic carbocycles. The van der Waals surface area contributed by atoms with Gasteiger partial charge in [0.2, 0.25) is 5.91 Å². The fourth-order valence-corrected chi connectivity index (χ4v) is 2.85. The molecular weight excluding hydrogens is 346 g/mol. The van der Waals surface area contributed by atoms with Crippen LogP contribution in [0.4, 0.5) is 0 Å². The van der Waals surface area contributed by atoms with Gasteiger partial charge in [-0.05, 0) is 49.6 Å². The molecule has 27 heavy (non-hydrogen) atoms. The first-order valence-corrected chi connectivity index (χ1v) is 8.82. The van der Waals surface area contributed by atoms with Gasteiger partial charge >= 0.3 is 5.97 Å². The highest BCUT2D eigenvalue weighted by Gasteiger charge is 2.31. The van der Waals surface area contributed by atoms with E-state index in [9.17, 15) is 9.59 Å². The molecule has 1 aromatic carbocycles. The number of hydrogen-bond donors (Lipinski definition) is 0. The second-order valence-corrected chi connectivity index (χ2v) is 6.49. The topological polar surface area (TPSA) is 69.0 Å². The molecule has 2 aromatic rings. The molecule has 142 valence electrons. The molecule has 1 amide bonds. The van der Waals surface area contributed by atoms with Crippen LogP contribution in [0.1, 0.15) is 40.3 Å². The Labute approximate surface area is 158 Å². The lowest BCUT2D eigenvalue weighted by Gasteiger charge is -2.21. The smallest absolute Gasteiger partial charge is 0.341 e. The van der Waals surface area contributed by atoms with E-state index in [0.29, 0.717) is 23.6 Å². The Morgan fingerprint density at radius 2 is 1.93 bits per heavy atom. The minimum absolute atomic E-state index is 0.0815. The van der Waals surface area contributed by atoms with Gasteiger partial charge in [0.15, 0.2) is 0 Å². The molecule has 0 N–H and O–H groups in total. The van der Waals surface area contributed by atoms with Crippen molar-refractivity contribution in [2.24, 2.45) is 0 Å². The van der Waals surface area contributed by atoms with Crippen molar-refractivity contribution in [3.05, 3.63) is 59.1 Å². The van der Waals surface area contributed by atoms with Crippen molar-refractivity contribution in [3.8, 4) is 5.75 Å². The number of carbonyl (C=O) groups excluding carboxylic acids is 2. The van der Waals surface area contributed by atoms with Crippen LogP contribution in [-0.2, 0) is 16.1 Å². The Bertz CT molecular complexity index is 846. The third-order valence-electron chi connectivity index (χ3n) is 4.52. The number of ether oxygens (including phenoxy) is 2. The Hall–Kier alpha value is -3.02. The molecule has 3 rings (SSSR count). The lowest BCUT2D eigenvalue weighted by molar-refractivity contribution is -0.127. The number of esters is 1. The van der Waals surface area contributed by atoms with Crippen molar-refractivity contribution < 1.29 is 23.5 Å². The normalized spacial score (nSPS) is 13.6. The number of benzene rings is 1. The van der Waals surface area contributed by atoms with E-state index in [1.807, 2.05) is 29.2 Å². The molecule has 1 saturated carbocycles. The largest absolute Gasteiger partial charge is 0.497 e. The first kappa shape index (κ1) is 18.8. The van der Waals surface area contributed by atoms with Crippen molar-refractivity contribution >= 4 is 18.0 Å². The van der Waals surface area contributed by atoms with E-state index < -0.39 is 5.97 Å². The summed E-state index contributed by atoms with van der Waals surface area (Å²) in [7, 11) is 2.95. The number of hydrogen-bond acceptors (Lipinski definition) is 5. The van der Waals surface area contributed by atoms with Gasteiger partial charge in [-0.15, -0.1) is 0 Å². The van der Waals surface area contributed by atoms with Crippen LogP contribution >= 0.6 is 0 Å². The number of amides is 1. The number of aryl methyl sites for hydroxylation is 1. The minimum atomic E-state index is -0.457. The predicted octanol–water partition coefficient (Wildman–Crippen LogP) is 3.59. The van der Waals surface area contributed by atoms with Crippen LogP contribution in [0.2, 0.25) is 0 Å². The number of carbonyl (C=O) groups is 2. The SMILES string of the molecule is COC(=O)c1cc(C=CC(=O)N(Cc2ccc(OC)cc2)C2CC2)oc1C. The Morgan fingerprint density at radius 3 is 2.52 bits per heavy atom. The molecule has 0 bridgehead atoms. The summed E-state index contributed by atoms with van der Waals surface area (Å²) in [5, 5.41) is 0. The van der Waals surface area contributed by atoms with Gasteiger partial charge < -0.3 is 18.8 Å².